The van der Waals surface area contributed by atoms with Gasteiger partial charge in [-0.2, -0.15) is 0 Å². The molecule has 2 N–H and O–H groups in total. The Bertz CT molecular complexity index is 612. The van der Waals surface area contributed by atoms with E-state index in [-0.39, 0.29) is 12.1 Å². The predicted molar refractivity (Wildman–Crippen MR) is 64.3 cm³/mol. The fourth-order valence-electron chi connectivity index (χ4n) is 1.48. The topological polar surface area (TPSA) is 104 Å². The molecule has 98 valence electrons. The van der Waals surface area contributed by atoms with E-state index in [1.807, 2.05) is 0 Å². The number of rotatable bonds is 4. The zero-order chi connectivity index (χ0) is 14.0. The lowest BCUT2D eigenvalue weighted by molar-refractivity contribution is -0.121. The van der Waals surface area contributed by atoms with Crippen molar-refractivity contribution in [2.45, 2.75) is 20.4 Å². The Labute approximate surface area is 103 Å². The van der Waals surface area contributed by atoms with Crippen molar-refractivity contribution >= 4 is 11.7 Å². The average molecular weight is 253 g/mol. The van der Waals surface area contributed by atoms with Crippen LogP contribution in [0.25, 0.3) is 0 Å². The second kappa shape index (κ2) is 4.99. The minimum Gasteiger partial charge on any atom is -0.369 e. The summed E-state index contributed by atoms with van der Waals surface area (Å²) in [6, 6.07) is 0. The second-order valence-electron chi connectivity index (χ2n) is 4.20. The highest BCUT2D eigenvalue weighted by atomic mass is 16.2. The lowest BCUT2D eigenvalue weighted by Crippen LogP contribution is -2.42. The highest BCUT2D eigenvalue weighted by Crippen LogP contribution is 1.98. The van der Waals surface area contributed by atoms with Crippen LogP contribution in [0.5, 0.6) is 0 Å². The first-order valence-corrected chi connectivity index (χ1v) is 5.36. The van der Waals surface area contributed by atoms with Gasteiger partial charge < -0.3 is 5.73 Å². The van der Waals surface area contributed by atoms with Crippen molar-refractivity contribution in [3.63, 3.8) is 0 Å². The zero-order valence-electron chi connectivity index (χ0n) is 10.5. The average Bonchev–Trinajstić information content (AvgIpc) is 2.29. The maximum Gasteiger partial charge on any atom is 0.330 e. The Balaban J connectivity index is 3.38. The Morgan fingerprint density at radius 1 is 1.39 bits per heavy atom. The van der Waals surface area contributed by atoms with Crippen LogP contribution in [-0.2, 0) is 18.4 Å². The molecule has 0 aliphatic rings. The van der Waals surface area contributed by atoms with Gasteiger partial charge in [0, 0.05) is 19.8 Å². The Morgan fingerprint density at radius 2 is 1.94 bits per heavy atom. The first-order valence-electron chi connectivity index (χ1n) is 5.36. The molecule has 7 nitrogen and oxygen atoms in total. The highest BCUT2D eigenvalue weighted by molar-refractivity contribution is 5.93. The van der Waals surface area contributed by atoms with Gasteiger partial charge in [0.2, 0.25) is 5.91 Å². The molecule has 1 rings (SSSR count). The van der Waals surface area contributed by atoms with Gasteiger partial charge in [0.1, 0.15) is 0 Å². The third-order valence-electron chi connectivity index (χ3n) is 2.69. The van der Waals surface area contributed by atoms with Crippen LogP contribution < -0.4 is 17.0 Å². The molecule has 7 heteroatoms. The van der Waals surface area contributed by atoms with E-state index >= 15 is 0 Å². The van der Waals surface area contributed by atoms with Gasteiger partial charge in [0.25, 0.3) is 5.56 Å². The molecule has 0 fully saturated rings. The molecule has 0 radical (unpaired) electrons. The fourth-order valence-corrected chi connectivity index (χ4v) is 1.48. The number of hydrogen-bond acceptors (Lipinski definition) is 4. The van der Waals surface area contributed by atoms with Crippen molar-refractivity contribution in [1.82, 2.24) is 9.13 Å². The van der Waals surface area contributed by atoms with Gasteiger partial charge >= 0.3 is 5.69 Å². The first-order chi connectivity index (χ1) is 8.25. The largest absolute Gasteiger partial charge is 0.369 e. The third kappa shape index (κ3) is 2.55. The molecule has 0 aromatic carbocycles. The molecule has 0 aliphatic carbocycles. The van der Waals surface area contributed by atoms with Crippen molar-refractivity contribution in [1.29, 1.82) is 0 Å². The molecule has 1 atom stereocenters. The molecule has 0 spiro atoms. The molecule has 0 bridgehead atoms. The number of hydrogen-bond donors (Lipinski definition) is 1. The maximum absolute atomic E-state index is 11.8. The lowest BCUT2D eigenvalue weighted by atomic mass is 10.1. The lowest BCUT2D eigenvalue weighted by Gasteiger charge is -2.12. The van der Waals surface area contributed by atoms with E-state index in [0.29, 0.717) is 0 Å². The van der Waals surface area contributed by atoms with Crippen LogP contribution in [0.1, 0.15) is 24.2 Å². The van der Waals surface area contributed by atoms with E-state index in [4.69, 9.17) is 5.73 Å². The molecule has 0 aliphatic heterocycles. The van der Waals surface area contributed by atoms with Crippen molar-refractivity contribution in [3.05, 3.63) is 32.6 Å². The Kier molecular flexibility index (Phi) is 3.85. The van der Waals surface area contributed by atoms with E-state index in [2.05, 4.69) is 0 Å². The third-order valence-corrected chi connectivity index (χ3v) is 2.69. The molecule has 1 aromatic rings. The van der Waals surface area contributed by atoms with Gasteiger partial charge in [-0.05, 0) is 6.92 Å². The molecule has 1 heterocycles. The van der Waals surface area contributed by atoms with Crippen LogP contribution in [0.2, 0.25) is 0 Å². The zero-order valence-corrected chi connectivity index (χ0v) is 10.5. The van der Waals surface area contributed by atoms with Crippen molar-refractivity contribution < 1.29 is 9.59 Å². The summed E-state index contributed by atoms with van der Waals surface area (Å²) in [5.41, 5.74) is 3.79. The van der Waals surface area contributed by atoms with E-state index in [1.54, 1.807) is 6.92 Å². The van der Waals surface area contributed by atoms with Crippen molar-refractivity contribution in [2.75, 3.05) is 0 Å². The number of amides is 1. The summed E-state index contributed by atoms with van der Waals surface area (Å²) in [7, 11) is 1.28. The number of carbonyl (C=O) groups excluding carboxylic acids is 2. The van der Waals surface area contributed by atoms with E-state index in [9.17, 15) is 19.2 Å². The number of ketones is 1. The quantitative estimate of drug-likeness (QED) is 0.685. The van der Waals surface area contributed by atoms with E-state index in [0.717, 1.165) is 9.13 Å². The Hall–Kier alpha value is -2.18. The molecule has 1 amide bonds. The molecular formula is C11H15N3O4. The number of aromatic nitrogens is 2. The number of Topliss-reactive ketones (excluding diaryl/α,β-unsaturated/α-hetero) is 1. The van der Waals surface area contributed by atoms with Gasteiger partial charge in [-0.3, -0.25) is 23.5 Å². The normalized spacial score (nSPS) is 12.2. The molecule has 18 heavy (non-hydrogen) atoms. The van der Waals surface area contributed by atoms with Gasteiger partial charge in [-0.1, -0.05) is 6.92 Å². The number of primary amides is 1. The summed E-state index contributed by atoms with van der Waals surface area (Å²) in [4.78, 5) is 45.7. The van der Waals surface area contributed by atoms with Gasteiger partial charge in [-0.25, -0.2) is 4.79 Å². The molecule has 0 saturated carbocycles. The first kappa shape index (κ1) is 13.9. The smallest absolute Gasteiger partial charge is 0.330 e. The van der Waals surface area contributed by atoms with Crippen LogP contribution in [0, 0.1) is 5.92 Å². The minimum atomic E-state index is -0.643. The summed E-state index contributed by atoms with van der Waals surface area (Å²) in [6.07, 6.45) is 1.17. The van der Waals surface area contributed by atoms with Gasteiger partial charge in [0.05, 0.1) is 11.5 Å². The Morgan fingerprint density at radius 3 is 2.39 bits per heavy atom. The van der Waals surface area contributed by atoms with Crippen LogP contribution in [-0.4, -0.2) is 20.8 Å². The molecular weight excluding hydrogens is 238 g/mol. The van der Waals surface area contributed by atoms with E-state index < -0.39 is 28.9 Å². The molecule has 1 aromatic heterocycles. The monoisotopic (exact) mass is 253 g/mol. The highest BCUT2D eigenvalue weighted by Gasteiger charge is 2.15. The van der Waals surface area contributed by atoms with Gasteiger partial charge in [0.15, 0.2) is 5.78 Å². The summed E-state index contributed by atoms with van der Waals surface area (Å²) in [5, 5.41) is 0. The van der Waals surface area contributed by atoms with E-state index in [1.165, 1.54) is 20.2 Å². The van der Waals surface area contributed by atoms with Gasteiger partial charge in [-0.15, -0.1) is 0 Å². The summed E-state index contributed by atoms with van der Waals surface area (Å²) < 4.78 is 1.98. The van der Waals surface area contributed by atoms with Crippen LogP contribution in [0.4, 0.5) is 0 Å². The molecule has 1 unspecified atom stereocenters. The number of nitrogens with zero attached hydrogens (tertiary/aromatic N) is 2. The van der Waals surface area contributed by atoms with Crippen LogP contribution in [0.15, 0.2) is 15.8 Å². The van der Waals surface area contributed by atoms with Crippen LogP contribution >= 0.6 is 0 Å². The van der Waals surface area contributed by atoms with Crippen LogP contribution in [0.3, 0.4) is 0 Å². The maximum atomic E-state index is 11.8. The molecule has 0 saturated heterocycles. The summed E-state index contributed by atoms with van der Waals surface area (Å²) >= 11 is 0. The standard InChI is InChI=1S/C11H15N3O4/c1-6(9(12)16)4-14-5-8(7(2)15)10(17)13(3)11(14)18/h5-6H,4H2,1-3H3,(H2,12,16). The number of nitrogens with two attached hydrogens (primary N) is 1. The van der Waals surface area contributed by atoms with Crippen molar-refractivity contribution in [2.24, 2.45) is 18.7 Å². The predicted octanol–water partition coefficient (Wildman–Crippen LogP) is -1.13. The van der Waals surface area contributed by atoms with Crippen molar-refractivity contribution in [3.8, 4) is 0 Å². The summed E-state index contributed by atoms with van der Waals surface area (Å²) in [5.74, 6) is -1.56. The fraction of sp³-hybridized carbons (Fsp3) is 0.455. The SMILES string of the molecule is CC(=O)c1cn(CC(C)C(N)=O)c(=O)n(C)c1=O. The summed E-state index contributed by atoms with van der Waals surface area (Å²) in [6.45, 7) is 2.83. The second-order valence-corrected chi connectivity index (χ2v) is 4.20. The number of carbonyl (C=O) groups is 2. The minimum absolute atomic E-state index is 0.0303.